The van der Waals surface area contributed by atoms with Crippen LogP contribution < -0.4 is 10.5 Å². The van der Waals surface area contributed by atoms with Crippen molar-refractivity contribution in [3.8, 4) is 0 Å². The van der Waals surface area contributed by atoms with Gasteiger partial charge in [-0.3, -0.25) is 0 Å². The van der Waals surface area contributed by atoms with Crippen molar-refractivity contribution in [3.63, 3.8) is 0 Å². The van der Waals surface area contributed by atoms with Gasteiger partial charge >= 0.3 is 0 Å². The van der Waals surface area contributed by atoms with Crippen LogP contribution in [-0.4, -0.2) is 20.4 Å². The molecule has 0 saturated carbocycles. The lowest BCUT2D eigenvalue weighted by Gasteiger charge is -2.10. The predicted octanol–water partition coefficient (Wildman–Crippen LogP) is 2.34. The number of aromatic nitrogens is 1. The number of hydrogen-bond donors (Lipinski definition) is 2. The van der Waals surface area contributed by atoms with Crippen molar-refractivity contribution in [1.29, 1.82) is 0 Å². The minimum atomic E-state index is -3.57. The van der Waals surface area contributed by atoms with Crippen molar-refractivity contribution >= 4 is 27.5 Å². The summed E-state index contributed by atoms with van der Waals surface area (Å²) in [5.74, 6) is 0. The molecule has 0 unspecified atom stereocenters. The van der Waals surface area contributed by atoms with Crippen molar-refractivity contribution in [3.05, 3.63) is 41.6 Å². The number of benzene rings is 1. The van der Waals surface area contributed by atoms with Crippen LogP contribution in [-0.2, 0) is 10.0 Å². The van der Waals surface area contributed by atoms with Crippen LogP contribution in [0.1, 0.15) is 11.3 Å². The highest BCUT2D eigenvalue weighted by Gasteiger charge is 2.18. The summed E-state index contributed by atoms with van der Waals surface area (Å²) >= 11 is 1.31. The van der Waals surface area contributed by atoms with Crippen LogP contribution in [0.25, 0.3) is 0 Å². The zero-order valence-corrected chi connectivity index (χ0v) is 13.7. The highest BCUT2D eigenvalue weighted by molar-refractivity contribution is 8.00. The Morgan fingerprint density at radius 2 is 1.90 bits per heavy atom. The number of anilines is 1. The normalized spacial score (nSPS) is 11.6. The molecule has 0 fully saturated rings. The van der Waals surface area contributed by atoms with Crippen molar-refractivity contribution in [2.75, 3.05) is 12.8 Å². The fourth-order valence-corrected chi connectivity index (χ4v) is 4.15. The minimum Gasteiger partial charge on any atom is -0.399 e. The summed E-state index contributed by atoms with van der Waals surface area (Å²) in [5.41, 5.74) is 8.08. The molecule has 0 aliphatic carbocycles. The molecule has 0 aliphatic rings. The van der Waals surface area contributed by atoms with E-state index in [-0.39, 0.29) is 4.90 Å². The topological polar surface area (TPSA) is 85.1 Å². The maximum Gasteiger partial charge on any atom is 0.241 e. The van der Waals surface area contributed by atoms with Crippen LogP contribution in [0.3, 0.4) is 0 Å². The number of nitrogens with zero attached hydrogens (tertiary/aromatic N) is 1. The maximum atomic E-state index is 12.1. The molecule has 0 atom stereocenters. The maximum absolute atomic E-state index is 12.1. The lowest BCUT2D eigenvalue weighted by Crippen LogP contribution is -2.19. The van der Waals surface area contributed by atoms with Gasteiger partial charge in [-0.2, -0.15) is 0 Å². The Morgan fingerprint density at radius 1 is 1.19 bits per heavy atom. The van der Waals surface area contributed by atoms with E-state index in [1.54, 1.807) is 12.1 Å². The molecule has 2 rings (SSSR count). The Labute approximate surface area is 129 Å². The third-order valence-electron chi connectivity index (χ3n) is 2.81. The number of nitrogens with one attached hydrogen (secondary N) is 1. The molecule has 0 spiro atoms. The van der Waals surface area contributed by atoms with Crippen LogP contribution in [0.15, 0.2) is 45.1 Å². The number of nitrogens with two attached hydrogens (primary N) is 1. The zero-order valence-electron chi connectivity index (χ0n) is 12.0. The molecular weight excluding hydrogens is 306 g/mol. The minimum absolute atomic E-state index is 0.163. The van der Waals surface area contributed by atoms with Crippen LogP contribution >= 0.6 is 11.8 Å². The summed E-state index contributed by atoms with van der Waals surface area (Å²) in [7, 11) is -2.19. The first-order valence-electron chi connectivity index (χ1n) is 6.28. The average molecular weight is 323 g/mol. The summed E-state index contributed by atoms with van der Waals surface area (Å²) in [4.78, 5) is 5.17. The van der Waals surface area contributed by atoms with Gasteiger partial charge in [0.1, 0.15) is 5.03 Å². The Bertz CT molecular complexity index is 754. The second-order valence-electron chi connectivity index (χ2n) is 4.64. The molecule has 7 heteroatoms. The van der Waals surface area contributed by atoms with Gasteiger partial charge in [-0.1, -0.05) is 11.8 Å². The molecule has 0 bridgehead atoms. The molecule has 0 radical (unpaired) electrons. The van der Waals surface area contributed by atoms with Crippen molar-refractivity contribution in [2.45, 2.75) is 28.7 Å². The Hall–Kier alpha value is -1.57. The van der Waals surface area contributed by atoms with Crippen LogP contribution in [0, 0.1) is 13.8 Å². The second-order valence-corrected chi connectivity index (χ2v) is 7.56. The average Bonchev–Trinajstić information content (AvgIpc) is 2.39. The Morgan fingerprint density at radius 3 is 2.52 bits per heavy atom. The van der Waals surface area contributed by atoms with Gasteiger partial charge in [-0.05, 0) is 56.8 Å². The molecule has 1 heterocycles. The SMILES string of the molecule is CNS(=O)(=O)c1cc(N)ccc1Sc1cc(C)cc(C)n1. The van der Waals surface area contributed by atoms with Gasteiger partial charge in [0.2, 0.25) is 10.0 Å². The third-order valence-corrected chi connectivity index (χ3v) is 5.39. The van der Waals surface area contributed by atoms with Gasteiger partial charge < -0.3 is 5.73 Å². The van der Waals surface area contributed by atoms with Gasteiger partial charge in [0, 0.05) is 16.3 Å². The van der Waals surface area contributed by atoms with E-state index in [1.165, 1.54) is 24.9 Å². The molecule has 0 amide bonds. The number of pyridine rings is 1. The quantitative estimate of drug-likeness (QED) is 0.844. The first-order valence-corrected chi connectivity index (χ1v) is 8.58. The van der Waals surface area contributed by atoms with Crippen molar-refractivity contribution in [1.82, 2.24) is 9.71 Å². The fraction of sp³-hybridized carbons (Fsp3) is 0.214. The lowest BCUT2D eigenvalue weighted by atomic mass is 10.3. The molecule has 1 aromatic heterocycles. The van der Waals surface area contributed by atoms with Gasteiger partial charge in [0.15, 0.2) is 0 Å². The van der Waals surface area contributed by atoms with Crippen molar-refractivity contribution in [2.24, 2.45) is 0 Å². The van der Waals surface area contributed by atoms with Crippen LogP contribution in [0.5, 0.6) is 0 Å². The molecule has 21 heavy (non-hydrogen) atoms. The highest BCUT2D eigenvalue weighted by Crippen LogP contribution is 2.33. The molecule has 0 aliphatic heterocycles. The second kappa shape index (κ2) is 6.05. The largest absolute Gasteiger partial charge is 0.399 e. The predicted molar refractivity (Wildman–Crippen MR) is 84.9 cm³/mol. The summed E-state index contributed by atoms with van der Waals surface area (Å²) < 4.78 is 26.5. The smallest absolute Gasteiger partial charge is 0.241 e. The van der Waals surface area contributed by atoms with E-state index in [9.17, 15) is 8.42 Å². The third kappa shape index (κ3) is 3.75. The highest BCUT2D eigenvalue weighted by atomic mass is 32.2. The van der Waals surface area contributed by atoms with Gasteiger partial charge in [-0.15, -0.1) is 0 Å². The first kappa shape index (κ1) is 15.8. The van der Waals surface area contributed by atoms with E-state index in [2.05, 4.69) is 9.71 Å². The van der Waals surface area contributed by atoms with Gasteiger partial charge in [-0.25, -0.2) is 18.1 Å². The van der Waals surface area contributed by atoms with Crippen molar-refractivity contribution < 1.29 is 8.42 Å². The van der Waals surface area contributed by atoms with Gasteiger partial charge in [0.25, 0.3) is 0 Å². The van der Waals surface area contributed by atoms with E-state index >= 15 is 0 Å². The summed E-state index contributed by atoms with van der Waals surface area (Å²) in [6.07, 6.45) is 0. The monoisotopic (exact) mass is 323 g/mol. The number of rotatable bonds is 4. The van der Waals surface area contributed by atoms with Crippen LogP contribution in [0.2, 0.25) is 0 Å². The first-order chi connectivity index (χ1) is 9.81. The Kier molecular flexibility index (Phi) is 4.55. The molecule has 2 aromatic rings. The molecular formula is C14H17N3O2S2. The van der Waals surface area contributed by atoms with E-state index in [0.29, 0.717) is 10.6 Å². The lowest BCUT2D eigenvalue weighted by molar-refractivity contribution is 0.586. The molecule has 1 aromatic carbocycles. The summed E-state index contributed by atoms with van der Waals surface area (Å²) in [6, 6.07) is 8.72. The zero-order chi connectivity index (χ0) is 15.6. The van der Waals surface area contributed by atoms with Gasteiger partial charge in [0.05, 0.1) is 4.90 Å². The summed E-state index contributed by atoms with van der Waals surface area (Å²) in [5, 5.41) is 0.754. The molecule has 0 saturated heterocycles. The standard InChI is InChI=1S/C14H17N3O2S2/c1-9-6-10(2)17-14(7-9)20-12-5-4-11(15)8-13(12)21(18,19)16-3/h4-8,16H,15H2,1-3H3. The molecule has 5 nitrogen and oxygen atoms in total. The van der Waals surface area contributed by atoms with E-state index in [1.807, 2.05) is 26.0 Å². The number of sulfonamides is 1. The number of nitrogen functional groups attached to an aromatic ring is 1. The fourth-order valence-electron chi connectivity index (χ4n) is 1.90. The van der Waals surface area contributed by atoms with E-state index in [4.69, 9.17) is 5.73 Å². The molecule has 3 N–H and O–H groups in total. The number of hydrogen-bond acceptors (Lipinski definition) is 5. The van der Waals surface area contributed by atoms with Crippen LogP contribution in [0.4, 0.5) is 5.69 Å². The Balaban J connectivity index is 2.49. The van der Waals surface area contributed by atoms with E-state index < -0.39 is 10.0 Å². The summed E-state index contributed by atoms with van der Waals surface area (Å²) in [6.45, 7) is 3.89. The number of aryl methyl sites for hydroxylation is 2. The molecule has 112 valence electrons. The van der Waals surface area contributed by atoms with E-state index in [0.717, 1.165) is 16.3 Å².